The third-order valence-corrected chi connectivity index (χ3v) is 3.49. The molecule has 1 nitrogen and oxygen atoms in total. The fraction of sp³-hybridized carbons (Fsp3) is 0.143. The van der Waals surface area contributed by atoms with Crippen molar-refractivity contribution in [3.63, 3.8) is 0 Å². The second-order valence-electron chi connectivity index (χ2n) is 4.11. The lowest BCUT2D eigenvalue weighted by atomic mass is 10.0. The SMILES string of the molecule is OC(Cc1cccc(F)c1Cl)c1ccc(F)c(Cl)c1. The predicted octanol–water partition coefficient (Wildman–Crippen LogP) is 4.55. The van der Waals surface area contributed by atoms with E-state index in [1.54, 1.807) is 6.07 Å². The first-order valence-corrected chi connectivity index (χ1v) is 6.30. The molecule has 19 heavy (non-hydrogen) atoms. The van der Waals surface area contributed by atoms with Crippen molar-refractivity contribution >= 4 is 23.2 Å². The fourth-order valence-corrected chi connectivity index (χ4v) is 2.14. The Hall–Kier alpha value is -1.16. The third kappa shape index (κ3) is 3.24. The van der Waals surface area contributed by atoms with Crippen molar-refractivity contribution in [3.05, 3.63) is 69.2 Å². The van der Waals surface area contributed by atoms with Gasteiger partial charge in [-0.05, 0) is 29.3 Å². The summed E-state index contributed by atoms with van der Waals surface area (Å²) in [6.07, 6.45) is -0.809. The van der Waals surface area contributed by atoms with Gasteiger partial charge in [0.05, 0.1) is 16.1 Å². The molecule has 0 radical (unpaired) electrons. The predicted molar refractivity (Wildman–Crippen MR) is 71.5 cm³/mol. The molecule has 1 unspecified atom stereocenters. The highest BCUT2D eigenvalue weighted by Gasteiger charge is 2.14. The highest BCUT2D eigenvalue weighted by molar-refractivity contribution is 6.31. The van der Waals surface area contributed by atoms with Crippen LogP contribution in [0.1, 0.15) is 17.2 Å². The Bertz CT molecular complexity index is 602. The Balaban J connectivity index is 2.23. The molecule has 5 heteroatoms. The van der Waals surface area contributed by atoms with Gasteiger partial charge in [-0.25, -0.2) is 8.78 Å². The number of benzene rings is 2. The van der Waals surface area contributed by atoms with Crippen molar-refractivity contribution in [1.29, 1.82) is 0 Å². The van der Waals surface area contributed by atoms with Crippen LogP contribution in [-0.4, -0.2) is 5.11 Å². The number of aliphatic hydroxyl groups excluding tert-OH is 1. The first kappa shape index (κ1) is 14.3. The minimum Gasteiger partial charge on any atom is -0.388 e. The van der Waals surface area contributed by atoms with Gasteiger partial charge in [-0.3, -0.25) is 0 Å². The van der Waals surface area contributed by atoms with Crippen molar-refractivity contribution in [2.24, 2.45) is 0 Å². The summed E-state index contributed by atoms with van der Waals surface area (Å²) in [4.78, 5) is 0. The number of aliphatic hydroxyl groups is 1. The van der Waals surface area contributed by atoms with Crippen LogP contribution in [0.4, 0.5) is 8.78 Å². The molecule has 0 aliphatic heterocycles. The lowest BCUT2D eigenvalue weighted by molar-refractivity contribution is 0.178. The van der Waals surface area contributed by atoms with Gasteiger partial charge >= 0.3 is 0 Å². The molecule has 0 bridgehead atoms. The van der Waals surface area contributed by atoms with Gasteiger partial charge in [-0.1, -0.05) is 41.4 Å². The van der Waals surface area contributed by atoms with Gasteiger partial charge in [-0.15, -0.1) is 0 Å². The largest absolute Gasteiger partial charge is 0.388 e. The van der Waals surface area contributed by atoms with Crippen LogP contribution in [0.25, 0.3) is 0 Å². The number of hydrogen-bond acceptors (Lipinski definition) is 1. The molecule has 0 heterocycles. The van der Waals surface area contributed by atoms with Gasteiger partial charge in [0.2, 0.25) is 0 Å². The highest BCUT2D eigenvalue weighted by Crippen LogP contribution is 2.27. The molecule has 0 fully saturated rings. The van der Waals surface area contributed by atoms with Crippen molar-refractivity contribution in [2.45, 2.75) is 12.5 Å². The zero-order valence-corrected chi connectivity index (χ0v) is 11.2. The molecule has 2 rings (SSSR count). The van der Waals surface area contributed by atoms with E-state index >= 15 is 0 Å². The molecule has 1 atom stereocenters. The second-order valence-corrected chi connectivity index (χ2v) is 4.89. The Morgan fingerprint density at radius 1 is 1.05 bits per heavy atom. The molecule has 100 valence electrons. The normalized spacial score (nSPS) is 12.5. The summed E-state index contributed by atoms with van der Waals surface area (Å²) >= 11 is 11.5. The molecule has 0 saturated carbocycles. The summed E-state index contributed by atoms with van der Waals surface area (Å²) in [7, 11) is 0. The van der Waals surface area contributed by atoms with Gasteiger partial charge < -0.3 is 5.11 Å². The van der Waals surface area contributed by atoms with E-state index in [1.165, 1.54) is 30.3 Å². The van der Waals surface area contributed by atoms with Crippen LogP contribution in [-0.2, 0) is 6.42 Å². The molecular weight excluding hydrogens is 293 g/mol. The van der Waals surface area contributed by atoms with Gasteiger partial charge in [0.25, 0.3) is 0 Å². The van der Waals surface area contributed by atoms with Crippen LogP contribution < -0.4 is 0 Å². The van der Waals surface area contributed by atoms with Crippen LogP contribution in [0.15, 0.2) is 36.4 Å². The lowest BCUT2D eigenvalue weighted by Crippen LogP contribution is -2.03. The monoisotopic (exact) mass is 302 g/mol. The topological polar surface area (TPSA) is 20.2 Å². The Labute approximate surface area is 119 Å². The summed E-state index contributed by atoms with van der Waals surface area (Å²) in [5, 5.41) is 9.96. The van der Waals surface area contributed by atoms with E-state index in [0.29, 0.717) is 11.1 Å². The number of halogens is 4. The Morgan fingerprint density at radius 3 is 2.47 bits per heavy atom. The zero-order valence-electron chi connectivity index (χ0n) is 9.71. The fourth-order valence-electron chi connectivity index (χ4n) is 1.75. The molecule has 0 saturated heterocycles. The maximum Gasteiger partial charge on any atom is 0.142 e. The molecule has 0 aromatic heterocycles. The number of hydrogen-bond donors (Lipinski definition) is 1. The van der Waals surface area contributed by atoms with E-state index < -0.39 is 17.7 Å². The minimum absolute atomic E-state index is 0.0187. The summed E-state index contributed by atoms with van der Waals surface area (Å²) in [6, 6.07) is 8.33. The molecule has 2 aromatic carbocycles. The van der Waals surface area contributed by atoms with Crippen LogP contribution in [0.2, 0.25) is 10.0 Å². The minimum atomic E-state index is -0.933. The van der Waals surface area contributed by atoms with E-state index in [9.17, 15) is 13.9 Å². The number of rotatable bonds is 3. The summed E-state index contributed by atoms with van der Waals surface area (Å²) in [5.74, 6) is -1.09. The highest BCUT2D eigenvalue weighted by atomic mass is 35.5. The average molecular weight is 303 g/mol. The van der Waals surface area contributed by atoms with Crippen LogP contribution in [0, 0.1) is 11.6 Å². The Kier molecular flexibility index (Phi) is 4.40. The molecule has 1 N–H and O–H groups in total. The van der Waals surface area contributed by atoms with Crippen LogP contribution in [0.5, 0.6) is 0 Å². The molecule has 0 amide bonds. The first-order chi connectivity index (χ1) is 8.99. The van der Waals surface area contributed by atoms with E-state index in [1.807, 2.05) is 0 Å². The molecular formula is C14H10Cl2F2O. The second kappa shape index (κ2) is 5.87. The molecule has 2 aromatic rings. The zero-order chi connectivity index (χ0) is 14.0. The van der Waals surface area contributed by atoms with Gasteiger partial charge in [0.15, 0.2) is 0 Å². The van der Waals surface area contributed by atoms with E-state index in [0.717, 1.165) is 0 Å². The third-order valence-electron chi connectivity index (χ3n) is 2.77. The van der Waals surface area contributed by atoms with Crippen molar-refractivity contribution in [1.82, 2.24) is 0 Å². The van der Waals surface area contributed by atoms with E-state index in [4.69, 9.17) is 23.2 Å². The van der Waals surface area contributed by atoms with Gasteiger partial charge in [0.1, 0.15) is 11.6 Å². The van der Waals surface area contributed by atoms with E-state index in [2.05, 4.69) is 0 Å². The maximum absolute atomic E-state index is 13.3. The lowest BCUT2D eigenvalue weighted by Gasteiger charge is -2.13. The van der Waals surface area contributed by atoms with Crippen LogP contribution in [0.3, 0.4) is 0 Å². The van der Waals surface area contributed by atoms with Crippen molar-refractivity contribution in [2.75, 3.05) is 0 Å². The molecule has 0 aliphatic carbocycles. The van der Waals surface area contributed by atoms with Crippen molar-refractivity contribution < 1.29 is 13.9 Å². The van der Waals surface area contributed by atoms with Crippen molar-refractivity contribution in [3.8, 4) is 0 Å². The summed E-state index contributed by atoms with van der Waals surface area (Å²) in [6.45, 7) is 0. The quantitative estimate of drug-likeness (QED) is 0.882. The summed E-state index contributed by atoms with van der Waals surface area (Å²) in [5.41, 5.74) is 0.932. The van der Waals surface area contributed by atoms with Gasteiger partial charge in [-0.2, -0.15) is 0 Å². The Morgan fingerprint density at radius 2 is 1.79 bits per heavy atom. The standard InChI is InChI=1S/C14H10Cl2F2O/c15-10-6-8(4-5-11(10)17)13(19)7-9-2-1-3-12(18)14(9)16/h1-6,13,19H,7H2. The first-order valence-electron chi connectivity index (χ1n) is 5.55. The van der Waals surface area contributed by atoms with Gasteiger partial charge in [0, 0.05) is 6.42 Å². The smallest absolute Gasteiger partial charge is 0.142 e. The summed E-state index contributed by atoms with van der Waals surface area (Å²) < 4.78 is 26.3. The average Bonchev–Trinajstić information content (AvgIpc) is 2.38. The van der Waals surface area contributed by atoms with E-state index in [-0.39, 0.29) is 16.5 Å². The maximum atomic E-state index is 13.3. The molecule has 0 spiro atoms. The van der Waals surface area contributed by atoms with Crippen LogP contribution >= 0.6 is 23.2 Å². The molecule has 0 aliphatic rings.